The van der Waals surface area contributed by atoms with Crippen molar-refractivity contribution in [2.75, 3.05) is 41.0 Å². The van der Waals surface area contributed by atoms with Crippen LogP contribution in [0.25, 0.3) is 0 Å². The van der Waals surface area contributed by atoms with Crippen molar-refractivity contribution in [2.24, 2.45) is 17.2 Å². The average Bonchev–Trinajstić information content (AvgIpc) is 1.62. The lowest BCUT2D eigenvalue weighted by atomic mass is 9.75. The van der Waals surface area contributed by atoms with E-state index in [-0.39, 0.29) is 119 Å². The highest BCUT2D eigenvalue weighted by Crippen LogP contribution is 2.35. The second-order valence-corrected chi connectivity index (χ2v) is 30.1. The number of carboxylic acids is 2. The minimum Gasteiger partial charge on any atom is -0.480 e. The molecule has 0 aromatic carbocycles. The third kappa shape index (κ3) is 39.1. The summed E-state index contributed by atoms with van der Waals surface area (Å²) in [6.45, 7) is 26.5. The lowest BCUT2D eigenvalue weighted by molar-refractivity contribution is -0.165. The molecule has 39 nitrogen and oxygen atoms in total. The van der Waals surface area contributed by atoms with Gasteiger partial charge in [0.05, 0.1) is 47.5 Å². The van der Waals surface area contributed by atoms with Crippen molar-refractivity contribution in [1.29, 1.82) is 0 Å². The van der Waals surface area contributed by atoms with Gasteiger partial charge in [0.2, 0.25) is 5.54 Å². The highest BCUT2D eigenvalue weighted by atomic mass is 19.3. The van der Waals surface area contributed by atoms with E-state index in [2.05, 4.69) is 34.0 Å². The summed E-state index contributed by atoms with van der Waals surface area (Å²) in [4.78, 5) is 138. The number of amides is 1. The number of halogens is 10. The number of aliphatic carboxylic acids is 2. The number of ether oxygens (including phenoxy) is 7. The molecule has 1 amide bonds. The van der Waals surface area contributed by atoms with Crippen LogP contribution in [0.2, 0.25) is 13.6 Å². The Bertz CT molecular complexity index is 4070. The minimum atomic E-state index is -3.32. The van der Waals surface area contributed by atoms with E-state index in [1.54, 1.807) is 83.1 Å². The standard InChI is InChI=1S/C19H28B2F2N2O10.C17H22F2N2O8.C13H23F2NO4.C10H18O5.C7H13F2NO2.C6H12F2N2O2/c1-11-13(34-17(27)32-11)9-24(20(3)29)8-6-7-19(15(22)23,16(26)31-5)25(21(4)30)10-14-12(2)33-18(28)35-14;1-9-11(28-15(23)26-9)7-20-6-4-5-17(13(18)19,14(22)25-3)21-8-12-10(2)27-16(24)29-12;1-6-7-8-13(9(14)15,10(17)19-5)16-11(18)20-12(2,3)4;1-9(2,3)14-7(11)13-8(12)15-10(4,5)6;1-2-3-4-7(10,5(8)9)6(11)12;7-4(8)6(10,5(11)12)2-1-3-9/h15,29-30H,6-10H2,1-5H3;13,20-21H,4-8H2,1-3H3;9H,6-8H2,1-5H3,(H,16,18);1-6H3;5H,2-4,10H2,1H3,(H,11,12);4H,1-3,9-10H2,(H,11,12). The predicted octanol–water partition coefficient (Wildman–Crippen LogP) is 8.86. The third-order valence-electron chi connectivity index (χ3n) is 16.9. The quantitative estimate of drug-likeness (QED) is 0.00496. The number of carbonyl (C=O) groups is 8. The SMILES string of the molecule is CC(C)(C)OC(=O)OC(=O)OC(C)(C)C.CCCCC(N)(C(=O)O)C(F)F.CCCCC(NC(=O)OC(C)(C)C)(C(=O)OC)C(F)F.COC(=O)C(CCCN(Cc1oc(=O)oc1C)B(C)O)(C(F)F)N(Cc1oc(=O)oc1C)B(C)O.COC(=O)C(CCCNCc1oc(=O)oc1C)(NCc1oc(=O)oc1C)C(F)F.NCCCC(N)(C(=O)O)C(F)F. The molecular weight excluding hydrogens is 1680 g/mol. The Labute approximate surface area is 700 Å². The monoisotopic (exact) mass is 1800 g/mol. The highest BCUT2D eigenvalue weighted by Gasteiger charge is 2.56. The molecule has 51 heteroatoms. The maximum absolute atomic E-state index is 14.6. The van der Waals surface area contributed by atoms with Crippen LogP contribution in [-0.2, 0) is 83.3 Å². The number of nitrogens with one attached hydrogen (secondary N) is 3. The third-order valence-corrected chi connectivity index (χ3v) is 16.9. The molecule has 0 aliphatic carbocycles. The van der Waals surface area contributed by atoms with Crippen LogP contribution in [0.4, 0.5) is 58.3 Å². The smallest absolute Gasteiger partial charge is 0.480 e. The molecule has 0 radical (unpaired) electrons. The van der Waals surface area contributed by atoms with Gasteiger partial charge in [0, 0.05) is 0 Å². The van der Waals surface area contributed by atoms with Crippen molar-refractivity contribution in [3.05, 3.63) is 88.5 Å². The lowest BCUT2D eigenvalue weighted by Crippen LogP contribution is -2.64. The summed E-state index contributed by atoms with van der Waals surface area (Å²) < 4.78 is 203. The number of hydrogen-bond donors (Lipinski definition) is 10. The molecule has 0 bridgehead atoms. The van der Waals surface area contributed by atoms with E-state index in [0.29, 0.717) is 37.2 Å². The van der Waals surface area contributed by atoms with Crippen LogP contribution in [0.1, 0.15) is 199 Å². The normalized spacial score (nSPS) is 14.0. The first-order chi connectivity index (χ1) is 56.5. The number of methoxy groups -OCH3 is 3. The number of alkyl halides is 10. The van der Waals surface area contributed by atoms with Gasteiger partial charge in [-0.2, -0.15) is 0 Å². The summed E-state index contributed by atoms with van der Waals surface area (Å²) in [5, 5.41) is 44.6. The van der Waals surface area contributed by atoms with Gasteiger partial charge < -0.3 is 121 Å². The van der Waals surface area contributed by atoms with Gasteiger partial charge in [-0.15, -0.1) is 0 Å². The van der Waals surface area contributed by atoms with Gasteiger partial charge in [-0.3, -0.25) is 10.1 Å². The van der Waals surface area contributed by atoms with Gasteiger partial charge >= 0.3 is 85.6 Å². The Morgan fingerprint density at radius 3 is 1.15 bits per heavy atom. The molecule has 4 aromatic rings. The molecule has 0 aliphatic rings. The van der Waals surface area contributed by atoms with Crippen molar-refractivity contribution < 1.29 is 171 Å². The maximum atomic E-state index is 14.6. The van der Waals surface area contributed by atoms with Gasteiger partial charge in [0.1, 0.15) is 39.8 Å². The fourth-order valence-electron chi connectivity index (χ4n) is 10.2. The summed E-state index contributed by atoms with van der Waals surface area (Å²) in [6, 6.07) is 0. The van der Waals surface area contributed by atoms with E-state index in [1.165, 1.54) is 39.2 Å². The Hall–Kier alpha value is -9.53. The van der Waals surface area contributed by atoms with Crippen LogP contribution in [0.15, 0.2) is 54.5 Å². The fraction of sp³-hybridized carbons (Fsp3) is 0.722. The summed E-state index contributed by atoms with van der Waals surface area (Å²) in [7, 11) is 0.297. The average molecular weight is 1800 g/mol. The van der Waals surface area contributed by atoms with Crippen LogP contribution >= 0.6 is 0 Å². The zero-order chi connectivity index (χ0) is 95.9. The molecule has 0 saturated heterocycles. The van der Waals surface area contributed by atoms with Crippen molar-refractivity contribution in [1.82, 2.24) is 25.6 Å². The number of hydrogen-bond acceptors (Lipinski definition) is 36. The first-order valence-electron chi connectivity index (χ1n) is 37.8. The molecule has 5 unspecified atom stereocenters. The van der Waals surface area contributed by atoms with Gasteiger partial charge in [-0.25, -0.2) is 101 Å². The van der Waals surface area contributed by atoms with Gasteiger partial charge in [0.25, 0.3) is 32.1 Å². The Kier molecular flexibility index (Phi) is 49.7. The van der Waals surface area contributed by atoms with E-state index in [9.17, 15) is 111 Å². The molecule has 123 heavy (non-hydrogen) atoms. The number of carboxylic acid groups (broad SMARTS) is 2. The number of alkyl carbamates (subject to hydrolysis) is 1. The summed E-state index contributed by atoms with van der Waals surface area (Å²) in [5.41, 5.74) is 0.670. The molecule has 4 aromatic heterocycles. The zero-order valence-corrected chi connectivity index (χ0v) is 72.2. The molecule has 4 rings (SSSR count). The Balaban J connectivity index is 0. The molecule has 0 saturated carbocycles. The first-order valence-corrected chi connectivity index (χ1v) is 37.8. The molecule has 5 atom stereocenters. The van der Waals surface area contributed by atoms with Crippen molar-refractivity contribution in [3.8, 4) is 0 Å². The summed E-state index contributed by atoms with van der Waals surface area (Å²) in [5.74, 6) is -9.75. The molecule has 0 aliphatic heterocycles. The van der Waals surface area contributed by atoms with Crippen LogP contribution < -0.4 is 56.4 Å². The predicted molar refractivity (Wildman–Crippen MR) is 412 cm³/mol. The number of nitrogens with zero attached hydrogens (tertiary/aromatic N) is 2. The van der Waals surface area contributed by atoms with Crippen molar-refractivity contribution in [2.45, 2.75) is 297 Å². The molecule has 0 fully saturated rings. The minimum absolute atomic E-state index is 0.00550. The van der Waals surface area contributed by atoms with Crippen LogP contribution in [-0.4, -0.2) is 210 Å². The topological polar surface area (TPSA) is 576 Å². The zero-order valence-electron chi connectivity index (χ0n) is 72.2. The molecule has 4 heterocycles. The molecule has 13 N–H and O–H groups in total. The molecule has 0 spiro atoms. The Morgan fingerprint density at radius 2 is 0.829 bits per heavy atom. The van der Waals surface area contributed by atoms with Gasteiger partial charge in [-0.1, -0.05) is 39.5 Å². The number of unbranched alkanes of at least 4 members (excludes halogenated alkanes) is 2. The second-order valence-electron chi connectivity index (χ2n) is 30.1. The van der Waals surface area contributed by atoms with E-state index in [1.807, 2.05) is 5.32 Å². The first kappa shape index (κ1) is 116. The fourth-order valence-corrected chi connectivity index (χ4v) is 10.2. The summed E-state index contributed by atoms with van der Waals surface area (Å²) >= 11 is 0. The maximum Gasteiger partial charge on any atom is 0.519 e. The number of rotatable bonds is 40. The summed E-state index contributed by atoms with van der Waals surface area (Å²) in [6.07, 6.45) is -18.0. The van der Waals surface area contributed by atoms with E-state index < -0.39 is 175 Å². The number of nitrogens with two attached hydrogens (primary N) is 3. The van der Waals surface area contributed by atoms with Crippen LogP contribution in [0.5, 0.6) is 0 Å². The van der Waals surface area contributed by atoms with Gasteiger partial charge in [0.15, 0.2) is 45.2 Å². The number of aryl methyl sites for hydroxylation is 4. The van der Waals surface area contributed by atoms with Crippen LogP contribution in [0, 0.1) is 27.7 Å². The number of esters is 3. The van der Waals surface area contributed by atoms with E-state index in [0.717, 1.165) is 26.1 Å². The van der Waals surface area contributed by atoms with E-state index >= 15 is 0 Å². The highest BCUT2D eigenvalue weighted by molar-refractivity contribution is 6.46. The van der Waals surface area contributed by atoms with Gasteiger partial charge in [-0.05, 0) is 175 Å². The molecule has 706 valence electrons. The van der Waals surface area contributed by atoms with Crippen LogP contribution in [0.3, 0.4) is 0 Å². The Morgan fingerprint density at radius 1 is 0.463 bits per heavy atom. The van der Waals surface area contributed by atoms with E-state index in [4.69, 9.17) is 72.5 Å². The second kappa shape index (κ2) is 52.9. The van der Waals surface area contributed by atoms with Crippen molar-refractivity contribution in [3.63, 3.8) is 0 Å². The largest absolute Gasteiger partial charge is 0.519 e. The number of carbonyl (C=O) groups excluding carboxylic acids is 6. The molecular formula is C72H116B2F10N8O31. The van der Waals surface area contributed by atoms with Crippen molar-refractivity contribution >= 4 is 62.4 Å². The lowest BCUT2D eigenvalue weighted by Gasteiger charge is -2.41.